The van der Waals surface area contributed by atoms with E-state index in [4.69, 9.17) is 11.5 Å². The van der Waals surface area contributed by atoms with Gasteiger partial charge in [-0.2, -0.15) is 0 Å². The Hall–Kier alpha value is -6.39. The molecule has 0 saturated heterocycles. The minimum atomic E-state index is -1.05. The van der Waals surface area contributed by atoms with Crippen LogP contribution in [0.25, 0.3) is 11.1 Å². The first-order valence-electron chi connectivity index (χ1n) is 16.7. The first-order valence-corrected chi connectivity index (χ1v) is 16.7. The molecule has 5 amide bonds. The molecule has 1 aliphatic heterocycles. The molecule has 4 bridgehead atoms. The highest BCUT2D eigenvalue weighted by Gasteiger charge is 2.26. The zero-order valence-corrected chi connectivity index (χ0v) is 29.1. The molecule has 4 aromatic rings. The second-order valence-electron chi connectivity index (χ2n) is 12.5. The Labute approximate surface area is 301 Å². The maximum absolute atomic E-state index is 13.9. The highest BCUT2D eigenvalue weighted by molar-refractivity contribution is 6.04. The van der Waals surface area contributed by atoms with Crippen molar-refractivity contribution in [2.24, 2.45) is 11.5 Å². The molecule has 1 aromatic heterocycles. The van der Waals surface area contributed by atoms with Crippen molar-refractivity contribution in [2.45, 2.75) is 52.1 Å². The molecule has 0 radical (unpaired) electrons. The van der Waals surface area contributed by atoms with Gasteiger partial charge in [0.05, 0.1) is 35.6 Å². The number of nitrogens with one attached hydrogen (secondary N) is 4. The minimum absolute atomic E-state index is 0.00549. The zero-order chi connectivity index (χ0) is 37.4. The summed E-state index contributed by atoms with van der Waals surface area (Å²) in [5, 5.41) is 11.0. The number of fused-ring (bicyclic) bond motifs is 5. The first-order chi connectivity index (χ1) is 24.9. The first kappa shape index (κ1) is 36.9. The number of rotatable bonds is 7. The van der Waals surface area contributed by atoms with E-state index in [1.807, 2.05) is 42.5 Å². The summed E-state index contributed by atoms with van der Waals surface area (Å²) < 4.78 is 0. The summed E-state index contributed by atoms with van der Waals surface area (Å²) in [5.74, 6) is 3.49. The molecule has 1 aliphatic rings. The van der Waals surface area contributed by atoms with E-state index in [9.17, 15) is 24.0 Å². The molecule has 0 saturated carbocycles. The molecule has 0 fully saturated rings. The number of nitrogens with two attached hydrogens (primary N) is 2. The quantitative estimate of drug-likeness (QED) is 0.156. The van der Waals surface area contributed by atoms with Crippen molar-refractivity contribution in [1.82, 2.24) is 25.9 Å². The maximum atomic E-state index is 13.9. The topological polar surface area (TPSA) is 211 Å². The standard InChI is InChI=1S/C39H40N8O5/c1-22-16-27-18-29(28-11-7-10-26(17-28)20-33(48)42-21-34(49)45-31(19-27)37(41)50)36(22)47-38(51)30(14-15-40)46-39(52)35-23(2)43-32(44-24(35)3)13-12-25-8-5-4-6-9-25/h4-11,16-18,30-31H,14-15,19-21,40H2,1-3H3,(H2,41,50)(H,42,48)(H,45,49)(H,46,52)(H,47,51)/t30-,31?/m0/s1. The average molecular weight is 701 g/mol. The lowest BCUT2D eigenvalue weighted by atomic mass is 9.93. The third-order valence-electron chi connectivity index (χ3n) is 8.48. The van der Waals surface area contributed by atoms with Crippen LogP contribution >= 0.6 is 0 Å². The van der Waals surface area contributed by atoms with Gasteiger partial charge in [-0.3, -0.25) is 24.0 Å². The Bertz CT molecular complexity index is 2080. The summed E-state index contributed by atoms with van der Waals surface area (Å²) in [7, 11) is 0. The van der Waals surface area contributed by atoms with Crippen molar-refractivity contribution in [3.63, 3.8) is 0 Å². The summed E-state index contributed by atoms with van der Waals surface area (Å²) in [6, 6.07) is 18.2. The number of nitrogens with zero attached hydrogens (tertiary/aromatic N) is 2. The van der Waals surface area contributed by atoms with Gasteiger partial charge in [-0.1, -0.05) is 54.5 Å². The van der Waals surface area contributed by atoms with E-state index < -0.39 is 35.7 Å². The number of aromatic nitrogens is 2. The Morgan fingerprint density at radius 1 is 0.923 bits per heavy atom. The van der Waals surface area contributed by atoms with E-state index in [2.05, 4.69) is 43.1 Å². The average Bonchev–Trinajstić information content (AvgIpc) is 3.10. The number of aryl methyl sites for hydroxylation is 3. The lowest BCUT2D eigenvalue weighted by Gasteiger charge is -2.23. The van der Waals surface area contributed by atoms with Crippen molar-refractivity contribution in [3.8, 4) is 23.0 Å². The normalized spacial score (nSPS) is 14.7. The van der Waals surface area contributed by atoms with Gasteiger partial charge in [-0.15, -0.1) is 0 Å². The fourth-order valence-electron chi connectivity index (χ4n) is 5.98. The Kier molecular flexibility index (Phi) is 11.7. The Morgan fingerprint density at radius 3 is 2.35 bits per heavy atom. The molecule has 3 aromatic carbocycles. The minimum Gasteiger partial charge on any atom is -0.368 e. The molecule has 266 valence electrons. The highest BCUT2D eigenvalue weighted by atomic mass is 16.2. The zero-order valence-electron chi connectivity index (χ0n) is 29.1. The molecule has 1 unspecified atom stereocenters. The lowest BCUT2D eigenvalue weighted by molar-refractivity contribution is -0.128. The predicted octanol–water partition coefficient (Wildman–Crippen LogP) is 1.74. The smallest absolute Gasteiger partial charge is 0.255 e. The number of hydrogen-bond acceptors (Lipinski definition) is 8. The fourth-order valence-corrected chi connectivity index (χ4v) is 5.98. The highest BCUT2D eigenvalue weighted by Crippen LogP contribution is 2.34. The van der Waals surface area contributed by atoms with E-state index >= 15 is 0 Å². The molecule has 52 heavy (non-hydrogen) atoms. The number of benzene rings is 3. The number of anilines is 1. The summed E-state index contributed by atoms with van der Waals surface area (Å²) in [6.45, 7) is 4.96. The van der Waals surface area contributed by atoms with Gasteiger partial charge < -0.3 is 32.7 Å². The number of carbonyl (C=O) groups excluding carboxylic acids is 5. The van der Waals surface area contributed by atoms with Crippen molar-refractivity contribution in [1.29, 1.82) is 0 Å². The van der Waals surface area contributed by atoms with Crippen LogP contribution in [0.1, 0.15) is 56.2 Å². The number of primary amides is 1. The monoisotopic (exact) mass is 700 g/mol. The van der Waals surface area contributed by atoms with E-state index in [0.717, 1.165) is 5.56 Å². The van der Waals surface area contributed by atoms with E-state index in [-0.39, 0.29) is 49.6 Å². The largest absolute Gasteiger partial charge is 0.368 e. The molecule has 8 N–H and O–H groups in total. The predicted molar refractivity (Wildman–Crippen MR) is 196 cm³/mol. The van der Waals surface area contributed by atoms with Gasteiger partial charge in [-0.25, -0.2) is 9.97 Å². The third kappa shape index (κ3) is 9.23. The number of hydrogen-bond donors (Lipinski definition) is 6. The molecular formula is C39H40N8O5. The number of carbonyl (C=O) groups is 5. The van der Waals surface area contributed by atoms with Gasteiger partial charge in [-0.05, 0) is 80.1 Å². The van der Waals surface area contributed by atoms with E-state index in [0.29, 0.717) is 44.9 Å². The maximum Gasteiger partial charge on any atom is 0.255 e. The Morgan fingerprint density at radius 2 is 1.65 bits per heavy atom. The third-order valence-corrected chi connectivity index (χ3v) is 8.48. The van der Waals surface area contributed by atoms with Crippen LogP contribution < -0.4 is 32.7 Å². The van der Waals surface area contributed by atoms with Crippen molar-refractivity contribution in [2.75, 3.05) is 18.4 Å². The SMILES string of the molecule is Cc1cc2cc(c1NC(=O)[C@H](CCN)NC(=O)c1c(C)nc(C#Cc3ccccc3)nc1C)-c1cccc(c1)CC(=O)NCC(=O)NC(C(N)=O)C2. The van der Waals surface area contributed by atoms with Crippen LogP contribution in [-0.4, -0.2) is 64.7 Å². The molecule has 13 heteroatoms. The van der Waals surface area contributed by atoms with E-state index in [1.54, 1.807) is 45.0 Å². The van der Waals surface area contributed by atoms with Crippen molar-refractivity contribution >= 4 is 35.2 Å². The van der Waals surface area contributed by atoms with Crippen molar-refractivity contribution < 1.29 is 24.0 Å². The van der Waals surface area contributed by atoms with Crippen molar-refractivity contribution in [3.05, 3.63) is 112 Å². The molecule has 0 spiro atoms. The van der Waals surface area contributed by atoms with Crippen LogP contribution in [0.3, 0.4) is 0 Å². The summed E-state index contributed by atoms with van der Waals surface area (Å²) in [4.78, 5) is 73.9. The molecule has 5 rings (SSSR count). The van der Waals surface area contributed by atoms with Crippen LogP contribution in [0.2, 0.25) is 0 Å². The molecule has 2 heterocycles. The fraction of sp³-hybridized carbons (Fsp3) is 0.256. The second kappa shape index (κ2) is 16.5. The lowest BCUT2D eigenvalue weighted by Crippen LogP contribution is -2.49. The summed E-state index contributed by atoms with van der Waals surface area (Å²) in [6.07, 6.45) is 0.197. The molecule has 13 nitrogen and oxygen atoms in total. The molecular weight excluding hydrogens is 660 g/mol. The Balaban J connectivity index is 1.45. The van der Waals surface area contributed by atoms with Gasteiger partial charge in [0.15, 0.2) is 0 Å². The van der Waals surface area contributed by atoms with Crippen LogP contribution in [0.4, 0.5) is 5.69 Å². The van der Waals surface area contributed by atoms with Crippen LogP contribution in [0, 0.1) is 32.6 Å². The van der Waals surface area contributed by atoms with Gasteiger partial charge in [0.25, 0.3) is 5.91 Å². The summed E-state index contributed by atoms with van der Waals surface area (Å²) >= 11 is 0. The van der Waals surface area contributed by atoms with Gasteiger partial charge in [0, 0.05) is 17.5 Å². The van der Waals surface area contributed by atoms with Crippen LogP contribution in [0.5, 0.6) is 0 Å². The molecule has 2 atom stereocenters. The van der Waals surface area contributed by atoms with Crippen LogP contribution in [0.15, 0.2) is 66.7 Å². The van der Waals surface area contributed by atoms with Gasteiger partial charge >= 0.3 is 0 Å². The molecule has 0 aliphatic carbocycles. The van der Waals surface area contributed by atoms with E-state index in [1.165, 1.54) is 0 Å². The number of amides is 5. The van der Waals surface area contributed by atoms with Crippen LogP contribution in [-0.2, 0) is 32.0 Å². The van der Waals surface area contributed by atoms with Gasteiger partial charge in [0.2, 0.25) is 29.5 Å². The van der Waals surface area contributed by atoms with Gasteiger partial charge in [0.1, 0.15) is 12.1 Å². The summed E-state index contributed by atoms with van der Waals surface area (Å²) in [5.41, 5.74) is 17.1. The second-order valence-corrected chi connectivity index (χ2v) is 12.5.